The molecule has 0 aliphatic carbocycles. The zero-order chi connectivity index (χ0) is 18.1. The van der Waals surface area contributed by atoms with Crippen LogP contribution in [-0.4, -0.2) is 49.2 Å². The van der Waals surface area contributed by atoms with E-state index >= 15 is 0 Å². The minimum atomic E-state index is -0.869. The van der Waals surface area contributed by atoms with E-state index < -0.39 is 17.9 Å². The number of aromatic nitrogens is 2. The van der Waals surface area contributed by atoms with Gasteiger partial charge in [-0.1, -0.05) is 18.2 Å². The van der Waals surface area contributed by atoms with Crippen LogP contribution in [0, 0.1) is 0 Å². The Morgan fingerprint density at radius 3 is 2.12 bits per heavy atom. The van der Waals surface area contributed by atoms with Gasteiger partial charge in [-0.25, -0.2) is 19.4 Å². The molecule has 8 heteroatoms. The highest BCUT2D eigenvalue weighted by molar-refractivity contribution is 6.22. The number of nitrogens with zero attached hydrogens (tertiary/aromatic N) is 1. The summed E-state index contributed by atoms with van der Waals surface area (Å²) in [6.07, 6.45) is 0. The van der Waals surface area contributed by atoms with Crippen LogP contribution in [0.2, 0.25) is 0 Å². The zero-order valence-electron chi connectivity index (χ0n) is 13.7. The number of esters is 3. The van der Waals surface area contributed by atoms with Crippen LogP contribution < -0.4 is 0 Å². The molecule has 0 amide bonds. The number of carbonyl (C=O) groups excluding carboxylic acids is 3. The molecule has 3 aromatic rings. The van der Waals surface area contributed by atoms with Gasteiger partial charge in [-0.3, -0.25) is 0 Å². The summed E-state index contributed by atoms with van der Waals surface area (Å²) >= 11 is 0. The Kier molecular flexibility index (Phi) is 4.10. The summed E-state index contributed by atoms with van der Waals surface area (Å²) in [5.74, 6) is -2.39. The molecule has 1 aromatic carbocycles. The lowest BCUT2D eigenvalue weighted by molar-refractivity contribution is 0.0546. The second kappa shape index (κ2) is 6.23. The Hall–Kier alpha value is -3.42. The summed E-state index contributed by atoms with van der Waals surface area (Å²) < 4.78 is 14.2. The molecule has 0 aliphatic heterocycles. The van der Waals surface area contributed by atoms with Gasteiger partial charge in [-0.05, 0) is 6.07 Å². The first-order valence-corrected chi connectivity index (χ1v) is 7.22. The van der Waals surface area contributed by atoms with E-state index in [1.54, 1.807) is 24.3 Å². The van der Waals surface area contributed by atoms with Crippen molar-refractivity contribution in [1.82, 2.24) is 9.97 Å². The molecule has 0 saturated heterocycles. The van der Waals surface area contributed by atoms with E-state index in [9.17, 15) is 14.4 Å². The van der Waals surface area contributed by atoms with Gasteiger partial charge in [0.25, 0.3) is 0 Å². The van der Waals surface area contributed by atoms with Crippen LogP contribution in [-0.2, 0) is 14.2 Å². The lowest BCUT2D eigenvalue weighted by Crippen LogP contribution is -2.18. The van der Waals surface area contributed by atoms with Gasteiger partial charge in [0, 0.05) is 16.3 Å². The molecular weight excluding hydrogens is 328 g/mol. The number of benzene rings is 1. The first-order chi connectivity index (χ1) is 12.0. The average molecular weight is 342 g/mol. The van der Waals surface area contributed by atoms with Gasteiger partial charge in [0.2, 0.25) is 0 Å². The Morgan fingerprint density at radius 1 is 0.880 bits per heavy atom. The standard InChI is InChI=1S/C17H14N2O6/c1-23-15(20)11-12-10(8-6-4-5-7-9(8)18-12)13(16(21)24-2)19-14(11)17(22)25-3/h4-7,18H,1-3H3. The fourth-order valence-electron chi connectivity index (χ4n) is 2.71. The molecule has 0 unspecified atom stereocenters. The molecule has 2 aromatic heterocycles. The summed E-state index contributed by atoms with van der Waals surface area (Å²) in [5.41, 5.74) is 0.394. The Balaban J connectivity index is 2.55. The Bertz CT molecular complexity index is 1020. The van der Waals surface area contributed by atoms with Crippen LogP contribution in [0.15, 0.2) is 24.3 Å². The summed E-state index contributed by atoms with van der Waals surface area (Å²) in [7, 11) is 3.54. The van der Waals surface area contributed by atoms with Crippen LogP contribution in [0.4, 0.5) is 0 Å². The van der Waals surface area contributed by atoms with E-state index in [0.717, 1.165) is 7.11 Å². The topological polar surface area (TPSA) is 108 Å². The van der Waals surface area contributed by atoms with Crippen molar-refractivity contribution < 1.29 is 28.6 Å². The van der Waals surface area contributed by atoms with Crippen molar-refractivity contribution in [2.75, 3.05) is 21.3 Å². The minimum Gasteiger partial charge on any atom is -0.465 e. The third-order valence-electron chi connectivity index (χ3n) is 3.80. The molecule has 1 N–H and O–H groups in total. The van der Waals surface area contributed by atoms with Crippen molar-refractivity contribution in [2.45, 2.75) is 0 Å². The minimum absolute atomic E-state index is 0.0944. The van der Waals surface area contributed by atoms with Crippen molar-refractivity contribution in [3.63, 3.8) is 0 Å². The van der Waals surface area contributed by atoms with Gasteiger partial charge in [0.1, 0.15) is 5.56 Å². The molecule has 25 heavy (non-hydrogen) atoms. The van der Waals surface area contributed by atoms with Gasteiger partial charge >= 0.3 is 17.9 Å². The van der Waals surface area contributed by atoms with Gasteiger partial charge < -0.3 is 19.2 Å². The lowest BCUT2D eigenvalue weighted by Gasteiger charge is -2.10. The highest BCUT2D eigenvalue weighted by atomic mass is 16.5. The monoisotopic (exact) mass is 342 g/mol. The van der Waals surface area contributed by atoms with Crippen LogP contribution >= 0.6 is 0 Å². The quantitative estimate of drug-likeness (QED) is 0.573. The molecule has 2 heterocycles. The molecule has 0 radical (unpaired) electrons. The van der Waals surface area contributed by atoms with E-state index in [-0.39, 0.29) is 22.5 Å². The second-order valence-electron chi connectivity index (χ2n) is 5.08. The van der Waals surface area contributed by atoms with E-state index in [0.29, 0.717) is 16.3 Å². The van der Waals surface area contributed by atoms with Gasteiger partial charge in [-0.2, -0.15) is 0 Å². The molecule has 0 fully saturated rings. The molecule has 3 rings (SSSR count). The van der Waals surface area contributed by atoms with Crippen LogP contribution in [0.1, 0.15) is 31.3 Å². The van der Waals surface area contributed by atoms with Crippen molar-refractivity contribution >= 4 is 39.7 Å². The third kappa shape index (κ3) is 2.47. The highest BCUT2D eigenvalue weighted by Crippen LogP contribution is 2.32. The molecule has 0 spiro atoms. The van der Waals surface area contributed by atoms with Crippen molar-refractivity contribution in [2.24, 2.45) is 0 Å². The number of hydrogen-bond acceptors (Lipinski definition) is 7. The molecule has 128 valence electrons. The average Bonchev–Trinajstić information content (AvgIpc) is 3.04. The van der Waals surface area contributed by atoms with E-state index in [1.165, 1.54) is 14.2 Å². The molecule has 0 bridgehead atoms. The van der Waals surface area contributed by atoms with Crippen LogP contribution in [0.25, 0.3) is 21.8 Å². The lowest BCUT2D eigenvalue weighted by atomic mass is 10.1. The fourth-order valence-corrected chi connectivity index (χ4v) is 2.71. The maximum absolute atomic E-state index is 12.3. The maximum Gasteiger partial charge on any atom is 0.357 e. The van der Waals surface area contributed by atoms with Crippen molar-refractivity contribution in [3.8, 4) is 0 Å². The molecule has 0 atom stereocenters. The van der Waals surface area contributed by atoms with Gasteiger partial charge in [-0.15, -0.1) is 0 Å². The number of fused-ring (bicyclic) bond motifs is 3. The number of pyridine rings is 1. The van der Waals surface area contributed by atoms with Crippen molar-refractivity contribution in [1.29, 1.82) is 0 Å². The van der Waals surface area contributed by atoms with Gasteiger partial charge in [0.15, 0.2) is 11.4 Å². The first-order valence-electron chi connectivity index (χ1n) is 7.22. The Morgan fingerprint density at radius 2 is 1.48 bits per heavy atom. The predicted octanol–water partition coefficient (Wildman–Crippen LogP) is 2.08. The van der Waals surface area contributed by atoms with Crippen molar-refractivity contribution in [3.05, 3.63) is 41.2 Å². The number of aromatic amines is 1. The third-order valence-corrected chi connectivity index (χ3v) is 3.80. The number of methoxy groups -OCH3 is 3. The van der Waals surface area contributed by atoms with E-state index in [1.807, 2.05) is 0 Å². The normalized spacial score (nSPS) is 10.7. The van der Waals surface area contributed by atoms with Crippen LogP contribution in [0.3, 0.4) is 0 Å². The number of nitrogens with one attached hydrogen (secondary N) is 1. The summed E-state index contributed by atoms with van der Waals surface area (Å²) in [6, 6.07) is 7.11. The number of H-pyrrole nitrogens is 1. The van der Waals surface area contributed by atoms with Gasteiger partial charge in [0.05, 0.1) is 26.8 Å². The fraction of sp³-hybridized carbons (Fsp3) is 0.176. The predicted molar refractivity (Wildman–Crippen MR) is 87.6 cm³/mol. The SMILES string of the molecule is COC(=O)c1nc(C(=O)OC)c2c([nH]c3ccccc32)c1C(=O)OC. The summed E-state index contributed by atoms with van der Waals surface area (Å²) in [4.78, 5) is 43.7. The zero-order valence-corrected chi connectivity index (χ0v) is 13.7. The first kappa shape index (κ1) is 16.4. The Labute approximate surface area is 141 Å². The highest BCUT2D eigenvalue weighted by Gasteiger charge is 2.30. The summed E-state index contributed by atoms with van der Waals surface area (Å²) in [6.45, 7) is 0. The second-order valence-corrected chi connectivity index (χ2v) is 5.08. The number of para-hydroxylation sites is 1. The number of hydrogen-bond donors (Lipinski definition) is 1. The molecular formula is C17H14N2O6. The van der Waals surface area contributed by atoms with Crippen LogP contribution in [0.5, 0.6) is 0 Å². The molecule has 0 saturated carbocycles. The maximum atomic E-state index is 12.3. The molecule has 0 aliphatic rings. The van der Waals surface area contributed by atoms with E-state index in [4.69, 9.17) is 9.47 Å². The molecule has 8 nitrogen and oxygen atoms in total. The number of rotatable bonds is 3. The number of ether oxygens (including phenoxy) is 3. The van der Waals surface area contributed by atoms with E-state index in [2.05, 4.69) is 14.7 Å². The summed E-state index contributed by atoms with van der Waals surface area (Å²) in [5, 5.41) is 1.03. The number of carbonyl (C=O) groups is 3. The largest absolute Gasteiger partial charge is 0.465 e. The smallest absolute Gasteiger partial charge is 0.357 e.